The van der Waals surface area contributed by atoms with E-state index in [0.29, 0.717) is 24.0 Å². The number of hydrogen-bond acceptors (Lipinski definition) is 7. The fraction of sp³-hybridized carbons (Fsp3) is 0.600. The maximum absolute atomic E-state index is 5.64. The molecule has 2 aromatic heterocycles. The highest BCUT2D eigenvalue weighted by Crippen LogP contribution is 2.24. The van der Waals surface area contributed by atoms with Gasteiger partial charge in [-0.25, -0.2) is 0 Å². The van der Waals surface area contributed by atoms with Crippen molar-refractivity contribution in [1.82, 2.24) is 24.9 Å². The predicted octanol–water partition coefficient (Wildman–Crippen LogP) is 1.30. The number of thioether (sulfide) groups is 1. The van der Waals surface area contributed by atoms with E-state index in [0.717, 1.165) is 11.0 Å². The van der Waals surface area contributed by atoms with Gasteiger partial charge in [-0.3, -0.25) is 0 Å². The molecule has 0 bridgehead atoms. The number of hydrogen-bond donors (Lipinski definition) is 1. The SMILES string of the molecule is Cc1noc(CSc2nnc(CN)n2C(C)C)n1. The van der Waals surface area contributed by atoms with E-state index in [-0.39, 0.29) is 6.04 Å². The van der Waals surface area contributed by atoms with Crippen molar-refractivity contribution in [3.63, 3.8) is 0 Å². The zero-order valence-electron chi connectivity index (χ0n) is 10.6. The highest BCUT2D eigenvalue weighted by Gasteiger charge is 2.15. The molecule has 8 heteroatoms. The predicted molar refractivity (Wildman–Crippen MR) is 66.9 cm³/mol. The van der Waals surface area contributed by atoms with Crippen LogP contribution in [-0.2, 0) is 12.3 Å². The van der Waals surface area contributed by atoms with Crippen molar-refractivity contribution in [2.75, 3.05) is 0 Å². The molecule has 0 radical (unpaired) electrons. The van der Waals surface area contributed by atoms with Crippen LogP contribution < -0.4 is 5.73 Å². The molecule has 7 nitrogen and oxygen atoms in total. The van der Waals surface area contributed by atoms with Crippen LogP contribution >= 0.6 is 11.8 Å². The molecule has 0 aliphatic rings. The Kier molecular flexibility index (Phi) is 3.97. The standard InChI is InChI=1S/C10H16N6OS/c1-6(2)16-8(4-11)13-14-10(16)18-5-9-12-7(3)15-17-9/h6H,4-5,11H2,1-3H3. The van der Waals surface area contributed by atoms with Crippen LogP contribution in [0.2, 0.25) is 0 Å². The normalized spacial score (nSPS) is 11.4. The Balaban J connectivity index is 2.11. The molecular formula is C10H16N6OS. The quantitative estimate of drug-likeness (QED) is 0.816. The molecule has 0 aromatic carbocycles. The first-order valence-electron chi connectivity index (χ1n) is 5.67. The summed E-state index contributed by atoms with van der Waals surface area (Å²) in [6, 6.07) is 0.269. The molecule has 98 valence electrons. The average molecular weight is 268 g/mol. The van der Waals surface area contributed by atoms with Gasteiger partial charge in [0.2, 0.25) is 5.89 Å². The molecule has 0 amide bonds. The molecule has 18 heavy (non-hydrogen) atoms. The van der Waals surface area contributed by atoms with Gasteiger partial charge >= 0.3 is 0 Å². The number of nitrogens with zero attached hydrogens (tertiary/aromatic N) is 5. The molecule has 0 saturated carbocycles. The third-order valence-electron chi connectivity index (χ3n) is 2.33. The summed E-state index contributed by atoms with van der Waals surface area (Å²) in [5, 5.41) is 12.8. The monoisotopic (exact) mass is 268 g/mol. The van der Waals surface area contributed by atoms with Crippen molar-refractivity contribution >= 4 is 11.8 Å². The van der Waals surface area contributed by atoms with Crippen LogP contribution in [0.3, 0.4) is 0 Å². The Morgan fingerprint density at radius 3 is 2.72 bits per heavy atom. The van der Waals surface area contributed by atoms with Crippen LogP contribution in [0.15, 0.2) is 9.68 Å². The Morgan fingerprint density at radius 1 is 1.39 bits per heavy atom. The first-order chi connectivity index (χ1) is 8.61. The number of nitrogens with two attached hydrogens (primary N) is 1. The van der Waals surface area contributed by atoms with E-state index in [1.165, 1.54) is 11.8 Å². The van der Waals surface area contributed by atoms with Crippen LogP contribution in [0.25, 0.3) is 0 Å². The van der Waals surface area contributed by atoms with E-state index in [9.17, 15) is 0 Å². The summed E-state index contributed by atoms with van der Waals surface area (Å²) in [5.74, 6) is 2.59. The van der Waals surface area contributed by atoms with Gasteiger partial charge in [0.15, 0.2) is 11.0 Å². The van der Waals surface area contributed by atoms with E-state index in [2.05, 4.69) is 34.2 Å². The second-order valence-corrected chi connectivity index (χ2v) is 5.03. The molecule has 0 fully saturated rings. The van der Waals surface area contributed by atoms with Crippen LogP contribution in [0, 0.1) is 6.92 Å². The second-order valence-electron chi connectivity index (χ2n) is 4.09. The number of aryl methyl sites for hydroxylation is 1. The minimum Gasteiger partial charge on any atom is -0.338 e. The molecule has 0 saturated heterocycles. The lowest BCUT2D eigenvalue weighted by molar-refractivity contribution is 0.386. The summed E-state index contributed by atoms with van der Waals surface area (Å²) in [6.45, 7) is 6.32. The minimum absolute atomic E-state index is 0.269. The molecule has 2 aromatic rings. The topological polar surface area (TPSA) is 95.6 Å². The maximum Gasteiger partial charge on any atom is 0.237 e. The lowest BCUT2D eigenvalue weighted by Crippen LogP contribution is -2.11. The van der Waals surface area contributed by atoms with Gasteiger partial charge < -0.3 is 14.8 Å². The smallest absolute Gasteiger partial charge is 0.237 e. The van der Waals surface area contributed by atoms with Crippen molar-refractivity contribution < 1.29 is 4.52 Å². The van der Waals surface area contributed by atoms with Crippen LogP contribution in [0.4, 0.5) is 0 Å². The van der Waals surface area contributed by atoms with Crippen molar-refractivity contribution in [3.05, 3.63) is 17.5 Å². The molecule has 2 N–H and O–H groups in total. The maximum atomic E-state index is 5.64. The van der Waals surface area contributed by atoms with Crippen molar-refractivity contribution in [1.29, 1.82) is 0 Å². The van der Waals surface area contributed by atoms with Crippen molar-refractivity contribution in [2.24, 2.45) is 5.73 Å². The first kappa shape index (κ1) is 13.0. The molecule has 2 rings (SSSR count). The third kappa shape index (κ3) is 2.70. The van der Waals surface area contributed by atoms with Gasteiger partial charge in [-0.15, -0.1) is 10.2 Å². The van der Waals surface area contributed by atoms with Crippen molar-refractivity contribution in [3.8, 4) is 0 Å². The van der Waals surface area contributed by atoms with Gasteiger partial charge in [-0.1, -0.05) is 16.9 Å². The summed E-state index contributed by atoms with van der Waals surface area (Å²) < 4.78 is 7.08. The molecule has 0 aliphatic heterocycles. The Hall–Kier alpha value is -1.41. The fourth-order valence-corrected chi connectivity index (χ4v) is 2.51. The van der Waals surface area contributed by atoms with E-state index in [4.69, 9.17) is 10.3 Å². The molecule has 0 unspecified atom stereocenters. The van der Waals surface area contributed by atoms with Gasteiger partial charge in [0.25, 0.3) is 0 Å². The first-order valence-corrected chi connectivity index (χ1v) is 6.66. The lowest BCUT2D eigenvalue weighted by Gasteiger charge is -2.11. The molecular weight excluding hydrogens is 252 g/mol. The largest absolute Gasteiger partial charge is 0.338 e. The van der Waals surface area contributed by atoms with Crippen LogP contribution in [0.5, 0.6) is 0 Å². The molecule has 0 spiro atoms. The zero-order chi connectivity index (χ0) is 13.1. The lowest BCUT2D eigenvalue weighted by atomic mass is 10.4. The second kappa shape index (κ2) is 5.49. The summed E-state index contributed by atoms with van der Waals surface area (Å²) in [5.41, 5.74) is 5.64. The summed E-state index contributed by atoms with van der Waals surface area (Å²) in [7, 11) is 0. The van der Waals surface area contributed by atoms with E-state index < -0.39 is 0 Å². The van der Waals surface area contributed by atoms with E-state index in [1.807, 2.05) is 4.57 Å². The van der Waals surface area contributed by atoms with Crippen LogP contribution in [0.1, 0.15) is 37.4 Å². The van der Waals surface area contributed by atoms with E-state index >= 15 is 0 Å². The minimum atomic E-state index is 0.269. The highest BCUT2D eigenvalue weighted by atomic mass is 32.2. The number of aromatic nitrogens is 5. The van der Waals surface area contributed by atoms with Gasteiger partial charge in [0.1, 0.15) is 5.82 Å². The summed E-state index contributed by atoms with van der Waals surface area (Å²) in [4.78, 5) is 4.15. The molecule has 2 heterocycles. The zero-order valence-corrected chi connectivity index (χ0v) is 11.4. The Morgan fingerprint density at radius 2 is 2.17 bits per heavy atom. The molecule has 0 atom stereocenters. The van der Waals surface area contributed by atoms with E-state index in [1.54, 1.807) is 6.92 Å². The van der Waals surface area contributed by atoms with Gasteiger partial charge in [0, 0.05) is 6.04 Å². The Bertz CT molecular complexity index is 520. The highest BCUT2D eigenvalue weighted by molar-refractivity contribution is 7.98. The fourth-order valence-electron chi connectivity index (χ4n) is 1.59. The van der Waals surface area contributed by atoms with Gasteiger partial charge in [-0.05, 0) is 20.8 Å². The third-order valence-corrected chi connectivity index (χ3v) is 3.26. The van der Waals surface area contributed by atoms with Crippen molar-refractivity contribution in [2.45, 2.75) is 44.3 Å². The van der Waals surface area contributed by atoms with Gasteiger partial charge in [0.05, 0.1) is 12.3 Å². The van der Waals surface area contributed by atoms with Crippen LogP contribution in [-0.4, -0.2) is 24.9 Å². The van der Waals surface area contributed by atoms with Gasteiger partial charge in [-0.2, -0.15) is 4.98 Å². The molecule has 0 aliphatic carbocycles. The number of rotatable bonds is 5. The summed E-state index contributed by atoms with van der Waals surface area (Å²) >= 11 is 1.52. The Labute approximate surface area is 109 Å². The average Bonchev–Trinajstić information content (AvgIpc) is 2.92. The summed E-state index contributed by atoms with van der Waals surface area (Å²) in [6.07, 6.45) is 0.